The van der Waals surface area contributed by atoms with Crippen molar-refractivity contribution in [3.05, 3.63) is 62.1 Å². The molecule has 0 radical (unpaired) electrons. The van der Waals surface area contributed by atoms with Gasteiger partial charge in [-0.1, -0.05) is 22.0 Å². The lowest BCUT2D eigenvalue weighted by Gasteiger charge is -2.10. The molecule has 2 aromatic carbocycles. The molecule has 0 unspecified atom stereocenters. The van der Waals surface area contributed by atoms with Crippen molar-refractivity contribution >= 4 is 33.0 Å². The lowest BCUT2D eigenvalue weighted by Crippen LogP contribution is -1.97. The molecule has 0 aliphatic heterocycles. The number of nitro groups is 1. The predicted octanol–water partition coefficient (Wildman–Crippen LogP) is 4.28. The second-order valence-electron chi connectivity index (χ2n) is 4.14. The number of nitrogens with one attached hydrogen (secondary N) is 1. The Balaban J connectivity index is 2.40. The van der Waals surface area contributed by atoms with Crippen molar-refractivity contribution in [3.63, 3.8) is 0 Å². The molecule has 2 rings (SSSR count). The summed E-state index contributed by atoms with van der Waals surface area (Å²) in [7, 11) is 0. The molecule has 0 spiro atoms. The Morgan fingerprint density at radius 2 is 2.10 bits per heavy atom. The molecule has 0 saturated heterocycles. The second-order valence-corrected chi connectivity index (χ2v) is 4.99. The van der Waals surface area contributed by atoms with Gasteiger partial charge in [0.1, 0.15) is 11.6 Å². The van der Waals surface area contributed by atoms with Crippen LogP contribution in [0.5, 0.6) is 0 Å². The van der Waals surface area contributed by atoms with Gasteiger partial charge >= 0.3 is 0 Å². The SMILES string of the molecule is Cc1c(Br)cccc1Nc1ccc(C#N)c([N+](=O)[O-])c1. The van der Waals surface area contributed by atoms with E-state index in [4.69, 9.17) is 5.26 Å². The molecule has 0 aliphatic rings. The van der Waals surface area contributed by atoms with Crippen LogP contribution in [-0.2, 0) is 0 Å². The molecule has 5 nitrogen and oxygen atoms in total. The Bertz CT molecular complexity index is 723. The quantitative estimate of drug-likeness (QED) is 0.672. The maximum absolute atomic E-state index is 10.9. The van der Waals surface area contributed by atoms with E-state index in [2.05, 4.69) is 21.2 Å². The molecule has 6 heteroatoms. The summed E-state index contributed by atoms with van der Waals surface area (Å²) < 4.78 is 0.950. The zero-order chi connectivity index (χ0) is 14.7. The summed E-state index contributed by atoms with van der Waals surface area (Å²) in [6.45, 7) is 1.93. The van der Waals surface area contributed by atoms with Gasteiger partial charge in [-0.2, -0.15) is 5.26 Å². The molecule has 0 atom stereocenters. The molecule has 0 aromatic heterocycles. The maximum Gasteiger partial charge on any atom is 0.289 e. The van der Waals surface area contributed by atoms with Gasteiger partial charge in [0.15, 0.2) is 0 Å². The Hall–Kier alpha value is -2.39. The first-order chi connectivity index (χ1) is 9.52. The largest absolute Gasteiger partial charge is 0.355 e. The first-order valence-corrected chi connectivity index (χ1v) is 6.53. The maximum atomic E-state index is 10.9. The van der Waals surface area contributed by atoms with E-state index in [0.717, 1.165) is 15.7 Å². The van der Waals surface area contributed by atoms with E-state index >= 15 is 0 Å². The van der Waals surface area contributed by atoms with Crippen LogP contribution in [0.1, 0.15) is 11.1 Å². The number of nitro benzene ring substituents is 1. The minimum absolute atomic E-state index is 0.0477. The summed E-state index contributed by atoms with van der Waals surface area (Å²) >= 11 is 3.43. The molecular formula is C14H10BrN3O2. The van der Waals surface area contributed by atoms with E-state index in [1.54, 1.807) is 6.07 Å². The molecule has 1 N–H and O–H groups in total. The fourth-order valence-electron chi connectivity index (χ4n) is 1.75. The number of anilines is 2. The minimum Gasteiger partial charge on any atom is -0.355 e. The fraction of sp³-hybridized carbons (Fsp3) is 0.0714. The Kier molecular flexibility index (Phi) is 4.01. The van der Waals surface area contributed by atoms with Crippen LogP contribution in [0.4, 0.5) is 17.1 Å². The van der Waals surface area contributed by atoms with E-state index in [1.807, 2.05) is 31.2 Å². The van der Waals surface area contributed by atoms with E-state index in [0.29, 0.717) is 5.69 Å². The van der Waals surface area contributed by atoms with Gasteiger partial charge in [0, 0.05) is 21.9 Å². The van der Waals surface area contributed by atoms with Crippen molar-refractivity contribution < 1.29 is 4.92 Å². The van der Waals surface area contributed by atoms with E-state index in [1.165, 1.54) is 12.1 Å². The number of hydrogen-bond acceptors (Lipinski definition) is 4. The van der Waals surface area contributed by atoms with Crippen molar-refractivity contribution in [1.82, 2.24) is 0 Å². The topological polar surface area (TPSA) is 79.0 Å². The molecule has 0 saturated carbocycles. The molecule has 0 bridgehead atoms. The number of nitrogens with zero attached hydrogens (tertiary/aromatic N) is 2. The van der Waals surface area contributed by atoms with Crippen LogP contribution in [0.2, 0.25) is 0 Å². The highest BCUT2D eigenvalue weighted by Gasteiger charge is 2.14. The van der Waals surface area contributed by atoms with E-state index < -0.39 is 4.92 Å². The number of rotatable bonds is 3. The minimum atomic E-state index is -0.558. The number of hydrogen-bond donors (Lipinski definition) is 1. The predicted molar refractivity (Wildman–Crippen MR) is 80.0 cm³/mol. The lowest BCUT2D eigenvalue weighted by atomic mass is 10.1. The normalized spacial score (nSPS) is 9.85. The van der Waals surface area contributed by atoms with Crippen LogP contribution in [0.15, 0.2) is 40.9 Å². The van der Waals surface area contributed by atoms with Crippen molar-refractivity contribution in [1.29, 1.82) is 5.26 Å². The van der Waals surface area contributed by atoms with Crippen LogP contribution < -0.4 is 5.32 Å². The Morgan fingerprint density at radius 3 is 2.75 bits per heavy atom. The highest BCUT2D eigenvalue weighted by atomic mass is 79.9. The summed E-state index contributed by atoms with van der Waals surface area (Å²) in [5.41, 5.74) is 2.26. The van der Waals surface area contributed by atoms with Gasteiger partial charge in [-0.3, -0.25) is 10.1 Å². The molecule has 0 heterocycles. The van der Waals surface area contributed by atoms with Crippen LogP contribution in [-0.4, -0.2) is 4.92 Å². The summed E-state index contributed by atoms with van der Waals surface area (Å²) in [6.07, 6.45) is 0. The van der Waals surface area contributed by atoms with Crippen molar-refractivity contribution in [3.8, 4) is 6.07 Å². The molecule has 0 amide bonds. The van der Waals surface area contributed by atoms with Gasteiger partial charge < -0.3 is 5.32 Å². The van der Waals surface area contributed by atoms with Crippen LogP contribution in [0.3, 0.4) is 0 Å². The second kappa shape index (κ2) is 5.72. The van der Waals surface area contributed by atoms with Gasteiger partial charge in [-0.15, -0.1) is 0 Å². The Morgan fingerprint density at radius 1 is 1.35 bits per heavy atom. The zero-order valence-electron chi connectivity index (χ0n) is 10.6. The number of nitriles is 1. The highest BCUT2D eigenvalue weighted by molar-refractivity contribution is 9.10. The van der Waals surface area contributed by atoms with Crippen LogP contribution >= 0.6 is 15.9 Å². The van der Waals surface area contributed by atoms with Crippen LogP contribution in [0, 0.1) is 28.4 Å². The standard InChI is InChI=1S/C14H10BrN3O2/c1-9-12(15)3-2-4-13(9)17-11-6-5-10(8-16)14(7-11)18(19)20/h2-7,17H,1H3. The summed E-state index contributed by atoms with van der Waals surface area (Å²) in [5, 5.41) is 22.9. The van der Waals surface area contributed by atoms with E-state index in [9.17, 15) is 10.1 Å². The van der Waals surface area contributed by atoms with Gasteiger partial charge in [-0.25, -0.2) is 0 Å². The fourth-order valence-corrected chi connectivity index (χ4v) is 2.12. The third-order valence-corrected chi connectivity index (χ3v) is 3.72. The smallest absolute Gasteiger partial charge is 0.289 e. The third kappa shape index (κ3) is 2.78. The van der Waals surface area contributed by atoms with Crippen molar-refractivity contribution in [2.75, 3.05) is 5.32 Å². The van der Waals surface area contributed by atoms with Crippen molar-refractivity contribution in [2.24, 2.45) is 0 Å². The van der Waals surface area contributed by atoms with Gasteiger partial charge in [0.2, 0.25) is 0 Å². The lowest BCUT2D eigenvalue weighted by molar-refractivity contribution is -0.385. The third-order valence-electron chi connectivity index (χ3n) is 2.86. The molecule has 0 aliphatic carbocycles. The van der Waals surface area contributed by atoms with Gasteiger partial charge in [0.05, 0.1) is 4.92 Å². The average Bonchev–Trinajstić information content (AvgIpc) is 2.43. The summed E-state index contributed by atoms with van der Waals surface area (Å²) in [5.74, 6) is 0. The molecule has 2 aromatic rings. The van der Waals surface area contributed by atoms with Crippen molar-refractivity contribution in [2.45, 2.75) is 6.92 Å². The average molecular weight is 332 g/mol. The molecule has 100 valence electrons. The van der Waals surface area contributed by atoms with Crippen LogP contribution in [0.25, 0.3) is 0 Å². The van der Waals surface area contributed by atoms with E-state index in [-0.39, 0.29) is 11.3 Å². The number of benzene rings is 2. The molecule has 0 fully saturated rings. The van der Waals surface area contributed by atoms with Gasteiger partial charge in [-0.05, 0) is 36.8 Å². The summed E-state index contributed by atoms with van der Waals surface area (Å²) in [6, 6.07) is 11.9. The first-order valence-electron chi connectivity index (χ1n) is 5.73. The first kappa shape index (κ1) is 14.0. The number of halogens is 1. The van der Waals surface area contributed by atoms with Gasteiger partial charge in [0.25, 0.3) is 5.69 Å². The monoisotopic (exact) mass is 331 g/mol. The highest BCUT2D eigenvalue weighted by Crippen LogP contribution is 2.29. The molecule has 20 heavy (non-hydrogen) atoms. The Labute approximate surface area is 124 Å². The zero-order valence-corrected chi connectivity index (χ0v) is 12.1. The summed E-state index contributed by atoms with van der Waals surface area (Å²) in [4.78, 5) is 10.4. The molecular weight excluding hydrogens is 322 g/mol.